The van der Waals surface area contributed by atoms with E-state index in [-0.39, 0.29) is 35.5 Å². The molecule has 2 N–H and O–H groups in total. The summed E-state index contributed by atoms with van der Waals surface area (Å²) in [6.45, 7) is 4.06. The van der Waals surface area contributed by atoms with E-state index >= 15 is 0 Å². The third kappa shape index (κ3) is 3.96. The molecule has 20 heavy (non-hydrogen) atoms. The average Bonchev–Trinajstić information content (AvgIpc) is 2.38. The van der Waals surface area contributed by atoms with E-state index in [0.717, 1.165) is 0 Å². The van der Waals surface area contributed by atoms with Gasteiger partial charge in [-0.2, -0.15) is 4.31 Å². The Bertz CT molecular complexity index is 582. The molecular formula is C11H17ClN4O3S. The Morgan fingerprint density at radius 1 is 1.35 bits per heavy atom. The lowest BCUT2D eigenvalue weighted by Gasteiger charge is -2.18. The summed E-state index contributed by atoms with van der Waals surface area (Å²) >= 11 is 0. The molecular weight excluding hydrogens is 304 g/mol. The van der Waals surface area contributed by atoms with E-state index in [1.165, 1.54) is 22.5 Å². The Kier molecular flexibility index (Phi) is 7.28. The van der Waals surface area contributed by atoms with Crippen molar-refractivity contribution in [3.05, 3.63) is 23.2 Å². The molecule has 1 aromatic carbocycles. The van der Waals surface area contributed by atoms with E-state index in [2.05, 4.69) is 4.98 Å². The first-order valence-electron chi connectivity index (χ1n) is 5.80. The minimum absolute atomic E-state index is 0. The molecule has 0 atom stereocenters. The van der Waals surface area contributed by atoms with Crippen molar-refractivity contribution < 1.29 is 25.6 Å². The van der Waals surface area contributed by atoms with Gasteiger partial charge in [0.05, 0.1) is 10.6 Å². The van der Waals surface area contributed by atoms with Gasteiger partial charge < -0.3 is 22.9 Å². The van der Waals surface area contributed by atoms with Crippen LogP contribution in [0.3, 0.4) is 0 Å². The number of sulfonamides is 1. The Balaban J connectivity index is 0.00000361. The molecule has 0 radical (unpaired) electrons. The molecule has 1 aromatic rings. The van der Waals surface area contributed by atoms with Gasteiger partial charge >= 0.3 is 6.73 Å². The van der Waals surface area contributed by atoms with Crippen molar-refractivity contribution in [3.8, 4) is 5.75 Å². The highest BCUT2D eigenvalue weighted by Crippen LogP contribution is 2.26. The number of halogens is 1. The van der Waals surface area contributed by atoms with E-state index in [1.54, 1.807) is 13.8 Å². The summed E-state index contributed by atoms with van der Waals surface area (Å²) in [6.07, 6.45) is 0. The number of nitrogens with zero attached hydrogens (tertiary/aromatic N) is 3. The highest BCUT2D eigenvalue weighted by Gasteiger charge is 2.22. The topological polar surface area (TPSA) is 101 Å². The molecule has 0 aromatic heterocycles. The summed E-state index contributed by atoms with van der Waals surface area (Å²) in [4.78, 5) is 2.91. The molecule has 9 heteroatoms. The normalized spacial score (nSPS) is 10.7. The predicted molar refractivity (Wildman–Crippen MR) is 71.5 cm³/mol. The first kappa shape index (κ1) is 18.4. The minimum Gasteiger partial charge on any atom is -1.00 e. The van der Waals surface area contributed by atoms with Gasteiger partial charge in [0.2, 0.25) is 15.4 Å². The first-order valence-corrected chi connectivity index (χ1v) is 7.24. The molecule has 0 bridgehead atoms. The lowest BCUT2D eigenvalue weighted by molar-refractivity contribution is -0.00000732. The molecule has 7 nitrogen and oxygen atoms in total. The van der Waals surface area contributed by atoms with Crippen molar-refractivity contribution in [2.45, 2.75) is 18.7 Å². The van der Waals surface area contributed by atoms with E-state index in [9.17, 15) is 8.42 Å². The largest absolute Gasteiger partial charge is 1.00 e. The van der Waals surface area contributed by atoms with Crippen LogP contribution in [0, 0.1) is 5.39 Å². The van der Waals surface area contributed by atoms with Crippen LogP contribution in [0.25, 0.3) is 4.98 Å². The molecule has 0 amide bonds. The molecule has 1 rings (SSSR count). The summed E-state index contributed by atoms with van der Waals surface area (Å²) in [5, 5.41) is 8.30. The number of nitrogens with two attached hydrogens (primary N) is 1. The maximum Gasteiger partial charge on any atom is 0.447 e. The zero-order valence-corrected chi connectivity index (χ0v) is 12.9. The van der Waals surface area contributed by atoms with Crippen LogP contribution in [0.1, 0.15) is 13.8 Å². The number of hydrogen-bond donors (Lipinski definition) is 1. The van der Waals surface area contributed by atoms with Crippen LogP contribution >= 0.6 is 0 Å². The van der Waals surface area contributed by atoms with Crippen molar-refractivity contribution in [1.82, 2.24) is 4.31 Å². The highest BCUT2D eigenvalue weighted by atomic mass is 35.5. The second kappa shape index (κ2) is 7.89. The van der Waals surface area contributed by atoms with E-state index in [1.807, 2.05) is 0 Å². The quantitative estimate of drug-likeness (QED) is 0.507. The van der Waals surface area contributed by atoms with Gasteiger partial charge in [0.15, 0.2) is 10.7 Å². The van der Waals surface area contributed by atoms with Gasteiger partial charge in [-0.1, -0.05) is 13.8 Å². The summed E-state index contributed by atoms with van der Waals surface area (Å²) in [5.41, 5.74) is 5.89. The summed E-state index contributed by atoms with van der Waals surface area (Å²) < 4.78 is 30.8. The van der Waals surface area contributed by atoms with E-state index < -0.39 is 10.0 Å². The Morgan fingerprint density at radius 3 is 2.40 bits per heavy atom. The molecule has 112 valence electrons. The fraction of sp³-hybridized carbons (Fsp3) is 0.455. The maximum absolute atomic E-state index is 12.2. The monoisotopic (exact) mass is 320 g/mol. The van der Waals surface area contributed by atoms with Gasteiger partial charge in [-0.15, -0.1) is 0 Å². The number of ether oxygens (including phenoxy) is 1. The lowest BCUT2D eigenvalue weighted by Crippen LogP contribution is -3.00. The standard InChI is InChI=1S/C11H17N4O3S.ClH/c1-3-15(4-2)19(16,17)9-5-6-11(10(12)7-9)18-8-14-13;/h5-7H,3-4,8,12H2,1-2H3;1H/q+1;/p-1. The molecule has 0 aliphatic heterocycles. The molecule has 0 aliphatic carbocycles. The van der Waals surface area contributed by atoms with Crippen LogP contribution in [0.15, 0.2) is 23.1 Å². The zero-order chi connectivity index (χ0) is 14.5. The molecule has 0 saturated carbocycles. The number of anilines is 1. The Morgan fingerprint density at radius 2 is 1.95 bits per heavy atom. The molecule has 0 aliphatic rings. The first-order chi connectivity index (χ1) is 8.97. The van der Waals surface area contributed by atoms with Crippen LogP contribution in [-0.2, 0) is 10.0 Å². The van der Waals surface area contributed by atoms with Crippen molar-refractivity contribution in [2.24, 2.45) is 0 Å². The van der Waals surface area contributed by atoms with E-state index in [0.29, 0.717) is 13.1 Å². The summed E-state index contributed by atoms with van der Waals surface area (Å²) in [7, 11) is -3.54. The van der Waals surface area contributed by atoms with Crippen molar-refractivity contribution in [1.29, 1.82) is 5.39 Å². The fourth-order valence-electron chi connectivity index (χ4n) is 1.63. The van der Waals surface area contributed by atoms with E-state index in [4.69, 9.17) is 15.9 Å². The number of benzene rings is 1. The van der Waals surface area contributed by atoms with Crippen LogP contribution in [0.4, 0.5) is 5.69 Å². The average molecular weight is 321 g/mol. The molecule has 0 fully saturated rings. The van der Waals surface area contributed by atoms with Crippen molar-refractivity contribution in [3.63, 3.8) is 0 Å². The third-order valence-electron chi connectivity index (χ3n) is 2.60. The van der Waals surface area contributed by atoms with Crippen LogP contribution in [0.5, 0.6) is 5.75 Å². The molecule has 0 heterocycles. The molecule has 0 unspecified atom stereocenters. The second-order valence-electron chi connectivity index (χ2n) is 3.70. The third-order valence-corrected chi connectivity index (χ3v) is 4.65. The van der Waals surface area contributed by atoms with Crippen molar-refractivity contribution >= 4 is 15.7 Å². The summed E-state index contributed by atoms with van der Waals surface area (Å²) in [6, 6.07) is 4.19. The van der Waals surface area contributed by atoms with Crippen molar-refractivity contribution in [2.75, 3.05) is 25.6 Å². The van der Waals surface area contributed by atoms with Gasteiger partial charge in [0.1, 0.15) is 0 Å². The van der Waals surface area contributed by atoms with Gasteiger partial charge in [-0.25, -0.2) is 8.42 Å². The number of hydrogen-bond acceptors (Lipinski definition) is 5. The van der Waals surface area contributed by atoms with Gasteiger partial charge in [0, 0.05) is 13.1 Å². The van der Waals surface area contributed by atoms with Gasteiger partial charge in [-0.3, -0.25) is 0 Å². The number of diazo groups is 1. The zero-order valence-electron chi connectivity index (χ0n) is 11.3. The van der Waals surface area contributed by atoms with Gasteiger partial charge in [-0.05, 0) is 18.2 Å². The fourth-order valence-corrected chi connectivity index (χ4v) is 3.12. The predicted octanol–water partition coefficient (Wildman–Crippen LogP) is -1.51. The smallest absolute Gasteiger partial charge is 0.447 e. The second-order valence-corrected chi connectivity index (χ2v) is 5.64. The molecule has 0 saturated heterocycles. The molecule has 0 spiro atoms. The Hall–Kier alpha value is -1.56. The number of nitrogen functional groups attached to an aromatic ring is 1. The summed E-state index contributed by atoms with van der Waals surface area (Å²) in [5.74, 6) is 0.274. The SMILES string of the molecule is CCN(CC)S(=O)(=O)c1ccc(OC[N+]#N)c(N)c1.[Cl-]. The lowest BCUT2D eigenvalue weighted by atomic mass is 10.3. The van der Waals surface area contributed by atoms with Crippen LogP contribution in [-0.4, -0.2) is 32.5 Å². The Labute approximate surface area is 124 Å². The maximum atomic E-state index is 12.2. The van der Waals surface area contributed by atoms with Crippen LogP contribution in [0.2, 0.25) is 0 Å². The highest BCUT2D eigenvalue weighted by molar-refractivity contribution is 7.89. The van der Waals surface area contributed by atoms with Crippen LogP contribution < -0.4 is 22.9 Å². The van der Waals surface area contributed by atoms with Gasteiger partial charge in [0.25, 0.3) is 0 Å². The minimum atomic E-state index is -3.54. The number of rotatable bonds is 6.